The molecule has 1 heterocycles. The molecule has 20 heavy (non-hydrogen) atoms. The van der Waals surface area contributed by atoms with E-state index in [4.69, 9.17) is 15.9 Å². The van der Waals surface area contributed by atoms with E-state index in [1.165, 1.54) is 0 Å². The number of halogens is 3. The number of hydrogen-bond acceptors (Lipinski definition) is 3. The summed E-state index contributed by atoms with van der Waals surface area (Å²) in [5, 5.41) is 7.16. The molecule has 1 aliphatic rings. The molecule has 1 aromatic carbocycles. The van der Waals surface area contributed by atoms with Gasteiger partial charge in [-0.3, -0.25) is 5.41 Å². The fourth-order valence-corrected chi connectivity index (χ4v) is 2.19. The van der Waals surface area contributed by atoms with Crippen molar-refractivity contribution in [2.75, 3.05) is 24.6 Å². The van der Waals surface area contributed by atoms with Crippen molar-refractivity contribution in [1.29, 1.82) is 5.41 Å². The van der Waals surface area contributed by atoms with Crippen LogP contribution in [-0.2, 0) is 0 Å². The van der Waals surface area contributed by atoms with E-state index in [1.54, 1.807) is 29.2 Å². The molecule has 1 aliphatic heterocycles. The number of nitrogens with one attached hydrogen (secondary N) is 1. The molecule has 1 aromatic rings. The first-order chi connectivity index (χ1) is 9.39. The Kier molecular flexibility index (Phi) is 4.06. The van der Waals surface area contributed by atoms with Gasteiger partial charge < -0.3 is 15.4 Å². The molecule has 0 saturated heterocycles. The average Bonchev–Trinajstić information content (AvgIpc) is 2.56. The summed E-state index contributed by atoms with van der Waals surface area (Å²) in [6.07, 6.45) is -3.90. The Hall–Kier alpha value is -1.92. The Morgan fingerprint density at radius 2 is 2.10 bits per heavy atom. The molecule has 4 nitrogen and oxygen atoms in total. The number of alkyl halides is 3. The summed E-state index contributed by atoms with van der Waals surface area (Å²) < 4.78 is 44.3. The van der Waals surface area contributed by atoms with Crippen LogP contribution in [0.25, 0.3) is 0 Å². The summed E-state index contributed by atoms with van der Waals surface area (Å²) in [6, 6.07) is 6.96. The van der Waals surface area contributed by atoms with Crippen molar-refractivity contribution < 1.29 is 17.9 Å². The Labute approximate surface area is 114 Å². The van der Waals surface area contributed by atoms with Gasteiger partial charge in [-0.15, -0.1) is 0 Å². The fourth-order valence-electron chi connectivity index (χ4n) is 2.19. The molecule has 0 radical (unpaired) electrons. The van der Waals surface area contributed by atoms with Crippen LogP contribution in [0.3, 0.4) is 0 Å². The molecular formula is C13H16F3N3O. The Morgan fingerprint density at radius 3 is 2.75 bits per heavy atom. The van der Waals surface area contributed by atoms with Crippen LogP contribution >= 0.6 is 0 Å². The summed E-state index contributed by atoms with van der Waals surface area (Å²) in [7, 11) is 0. The monoisotopic (exact) mass is 287 g/mol. The van der Waals surface area contributed by atoms with Crippen LogP contribution in [0.2, 0.25) is 0 Å². The first-order valence-electron chi connectivity index (χ1n) is 6.27. The maximum absolute atomic E-state index is 12.9. The van der Waals surface area contributed by atoms with Gasteiger partial charge in [-0.2, -0.15) is 13.2 Å². The van der Waals surface area contributed by atoms with Gasteiger partial charge in [0.25, 0.3) is 0 Å². The van der Waals surface area contributed by atoms with Gasteiger partial charge >= 0.3 is 6.18 Å². The second kappa shape index (κ2) is 5.60. The summed E-state index contributed by atoms with van der Waals surface area (Å²) in [5.41, 5.74) is 5.72. The Balaban J connectivity index is 2.26. The first kappa shape index (κ1) is 14.5. The predicted molar refractivity (Wildman–Crippen MR) is 70.2 cm³/mol. The third-order valence-electron chi connectivity index (χ3n) is 3.21. The van der Waals surface area contributed by atoms with Crippen LogP contribution in [0, 0.1) is 11.3 Å². The molecule has 3 N–H and O–H groups in total. The van der Waals surface area contributed by atoms with Gasteiger partial charge in [0.05, 0.1) is 12.3 Å². The standard InChI is InChI=1S/C13H16F3N3O/c14-13(15,16)9(12(17)18)8-19-6-3-7-20-11-5-2-1-4-10(11)19/h1-2,4-5,9H,3,6-8H2,(H3,17,18). The summed E-state index contributed by atoms with van der Waals surface area (Å²) in [4.78, 5) is 1.59. The highest BCUT2D eigenvalue weighted by atomic mass is 19.4. The maximum Gasteiger partial charge on any atom is 0.400 e. The number of para-hydroxylation sites is 2. The lowest BCUT2D eigenvalue weighted by molar-refractivity contribution is -0.153. The van der Waals surface area contributed by atoms with Crippen molar-refractivity contribution in [3.05, 3.63) is 24.3 Å². The Bertz CT molecular complexity index is 490. The van der Waals surface area contributed by atoms with E-state index in [0.717, 1.165) is 0 Å². The molecule has 0 spiro atoms. The smallest absolute Gasteiger partial charge is 0.400 e. The summed E-state index contributed by atoms with van der Waals surface area (Å²) >= 11 is 0. The van der Waals surface area contributed by atoms with Gasteiger partial charge in [-0.1, -0.05) is 12.1 Å². The van der Waals surface area contributed by atoms with E-state index in [0.29, 0.717) is 31.0 Å². The van der Waals surface area contributed by atoms with Gasteiger partial charge in [0, 0.05) is 13.1 Å². The van der Waals surface area contributed by atoms with E-state index < -0.39 is 17.9 Å². The molecule has 0 amide bonds. The van der Waals surface area contributed by atoms with Gasteiger partial charge in [0.15, 0.2) is 0 Å². The topological polar surface area (TPSA) is 62.3 Å². The van der Waals surface area contributed by atoms with Crippen molar-refractivity contribution in [3.63, 3.8) is 0 Å². The quantitative estimate of drug-likeness (QED) is 0.663. The molecule has 1 unspecified atom stereocenters. The third-order valence-corrected chi connectivity index (χ3v) is 3.21. The van der Waals surface area contributed by atoms with E-state index in [1.807, 2.05) is 0 Å². The van der Waals surface area contributed by atoms with Crippen molar-refractivity contribution in [2.45, 2.75) is 12.6 Å². The van der Waals surface area contributed by atoms with E-state index in [9.17, 15) is 13.2 Å². The molecule has 0 saturated carbocycles. The summed E-state index contributed by atoms with van der Waals surface area (Å²) in [5.74, 6) is -2.26. The zero-order valence-corrected chi connectivity index (χ0v) is 10.8. The van der Waals surface area contributed by atoms with Crippen LogP contribution in [0.4, 0.5) is 18.9 Å². The maximum atomic E-state index is 12.9. The second-order valence-electron chi connectivity index (χ2n) is 4.67. The molecule has 2 rings (SSSR count). The number of benzene rings is 1. The SMILES string of the molecule is N=C(N)C(CN1CCCOc2ccccc21)C(F)(F)F. The number of hydrogen-bond donors (Lipinski definition) is 2. The zero-order chi connectivity index (χ0) is 14.8. The number of nitrogens with two attached hydrogens (primary N) is 1. The Morgan fingerprint density at radius 1 is 1.40 bits per heavy atom. The predicted octanol–water partition coefficient (Wildman–Crippen LogP) is 2.39. The fraction of sp³-hybridized carbons (Fsp3) is 0.462. The van der Waals surface area contributed by atoms with E-state index >= 15 is 0 Å². The minimum atomic E-state index is -4.52. The van der Waals surface area contributed by atoms with Crippen LogP contribution in [0.1, 0.15) is 6.42 Å². The van der Waals surface area contributed by atoms with Gasteiger partial charge in [0.1, 0.15) is 17.5 Å². The van der Waals surface area contributed by atoms with E-state index in [-0.39, 0.29) is 6.54 Å². The number of rotatable bonds is 3. The second-order valence-corrected chi connectivity index (χ2v) is 4.67. The zero-order valence-electron chi connectivity index (χ0n) is 10.8. The lowest BCUT2D eigenvalue weighted by Gasteiger charge is -2.29. The third kappa shape index (κ3) is 3.15. The van der Waals surface area contributed by atoms with Crippen LogP contribution in [-0.4, -0.2) is 31.7 Å². The first-order valence-corrected chi connectivity index (χ1v) is 6.27. The lowest BCUT2D eigenvalue weighted by Crippen LogP contribution is -2.44. The molecule has 0 bridgehead atoms. The van der Waals surface area contributed by atoms with Crippen molar-refractivity contribution in [2.24, 2.45) is 11.7 Å². The number of fused-ring (bicyclic) bond motifs is 1. The highest BCUT2D eigenvalue weighted by molar-refractivity contribution is 5.81. The van der Waals surface area contributed by atoms with Crippen LogP contribution < -0.4 is 15.4 Å². The van der Waals surface area contributed by atoms with Gasteiger partial charge in [-0.05, 0) is 18.6 Å². The van der Waals surface area contributed by atoms with Crippen molar-refractivity contribution in [3.8, 4) is 5.75 Å². The molecule has 0 aliphatic carbocycles. The molecule has 110 valence electrons. The van der Waals surface area contributed by atoms with Crippen molar-refractivity contribution >= 4 is 11.5 Å². The highest BCUT2D eigenvalue weighted by Crippen LogP contribution is 2.34. The van der Waals surface area contributed by atoms with E-state index in [2.05, 4.69) is 0 Å². The van der Waals surface area contributed by atoms with Gasteiger partial charge in [-0.25, -0.2) is 0 Å². The molecule has 0 aromatic heterocycles. The molecule has 1 atom stereocenters. The van der Waals surface area contributed by atoms with Crippen LogP contribution in [0.5, 0.6) is 5.75 Å². The van der Waals surface area contributed by atoms with Crippen molar-refractivity contribution in [1.82, 2.24) is 0 Å². The minimum absolute atomic E-state index is 0.362. The molecule has 0 fully saturated rings. The lowest BCUT2D eigenvalue weighted by atomic mass is 10.1. The minimum Gasteiger partial charge on any atom is -0.491 e. The van der Waals surface area contributed by atoms with Gasteiger partial charge in [0.2, 0.25) is 0 Å². The average molecular weight is 287 g/mol. The highest BCUT2D eigenvalue weighted by Gasteiger charge is 2.43. The number of nitrogens with zero attached hydrogens (tertiary/aromatic N) is 1. The summed E-state index contributed by atoms with van der Waals surface area (Å²) in [6.45, 7) is 0.542. The normalized spacial score (nSPS) is 16.9. The molecular weight excluding hydrogens is 271 g/mol. The number of ether oxygens (including phenoxy) is 1. The number of anilines is 1. The van der Waals surface area contributed by atoms with Crippen LogP contribution in [0.15, 0.2) is 24.3 Å². The largest absolute Gasteiger partial charge is 0.491 e. The number of amidine groups is 1. The molecule has 7 heteroatoms.